The Morgan fingerprint density at radius 2 is 1.94 bits per heavy atom. The largest absolute Gasteiger partial charge is 0.451 e. The molecular weight excluding hydrogens is 428 g/mol. The van der Waals surface area contributed by atoms with Crippen molar-refractivity contribution in [1.29, 1.82) is 0 Å². The SMILES string of the molecule is CCOCc1ccccc1CNC(=O)c1oc2ccccc2c1CSc1nc(C)cs1. The van der Waals surface area contributed by atoms with Gasteiger partial charge in [0.2, 0.25) is 0 Å². The molecule has 0 aliphatic carbocycles. The van der Waals surface area contributed by atoms with Crippen molar-refractivity contribution in [2.24, 2.45) is 0 Å². The third kappa shape index (κ3) is 5.18. The summed E-state index contributed by atoms with van der Waals surface area (Å²) in [5, 5.41) is 6.02. The van der Waals surface area contributed by atoms with Crippen LogP contribution in [0.4, 0.5) is 0 Å². The Balaban J connectivity index is 1.54. The molecule has 160 valence electrons. The first-order chi connectivity index (χ1) is 15.2. The predicted molar refractivity (Wildman–Crippen MR) is 126 cm³/mol. The van der Waals surface area contributed by atoms with Crippen LogP contribution < -0.4 is 5.32 Å². The standard InChI is InChI=1S/C24H24N2O3S2/c1-3-28-13-18-9-5-4-8-17(18)12-25-23(27)22-20(15-31-24-26-16(2)14-30-24)19-10-6-7-11-21(19)29-22/h4-11,14H,3,12-13,15H2,1-2H3,(H,25,27). The van der Waals surface area contributed by atoms with Crippen LogP contribution in [0.25, 0.3) is 11.0 Å². The minimum Gasteiger partial charge on any atom is -0.451 e. The molecule has 0 aliphatic heterocycles. The first kappa shape index (κ1) is 21.6. The lowest BCUT2D eigenvalue weighted by molar-refractivity contribution is 0.0923. The number of aryl methyl sites for hydroxylation is 1. The van der Waals surface area contributed by atoms with Crippen molar-refractivity contribution in [3.05, 3.63) is 82.1 Å². The van der Waals surface area contributed by atoms with E-state index in [1.807, 2.05) is 67.8 Å². The molecule has 7 heteroatoms. The molecule has 0 unspecified atom stereocenters. The number of benzene rings is 2. The van der Waals surface area contributed by atoms with E-state index in [9.17, 15) is 4.79 Å². The highest BCUT2D eigenvalue weighted by atomic mass is 32.2. The predicted octanol–water partition coefficient (Wildman–Crippen LogP) is 5.96. The van der Waals surface area contributed by atoms with Crippen LogP contribution in [0.2, 0.25) is 0 Å². The molecule has 0 saturated carbocycles. The van der Waals surface area contributed by atoms with Gasteiger partial charge < -0.3 is 14.5 Å². The molecule has 0 aliphatic rings. The Hall–Kier alpha value is -2.61. The molecule has 5 nitrogen and oxygen atoms in total. The molecule has 1 N–H and O–H groups in total. The molecule has 0 saturated heterocycles. The normalized spacial score (nSPS) is 11.2. The van der Waals surface area contributed by atoms with Crippen molar-refractivity contribution < 1.29 is 13.9 Å². The van der Waals surface area contributed by atoms with Gasteiger partial charge >= 0.3 is 0 Å². The number of nitrogens with zero attached hydrogens (tertiary/aromatic N) is 1. The van der Waals surface area contributed by atoms with Crippen molar-refractivity contribution in [1.82, 2.24) is 10.3 Å². The summed E-state index contributed by atoms with van der Waals surface area (Å²) in [6, 6.07) is 15.8. The van der Waals surface area contributed by atoms with Crippen molar-refractivity contribution in [2.45, 2.75) is 37.1 Å². The van der Waals surface area contributed by atoms with E-state index >= 15 is 0 Å². The van der Waals surface area contributed by atoms with E-state index in [-0.39, 0.29) is 5.91 Å². The Kier molecular flexibility index (Phi) is 7.06. The number of rotatable bonds is 9. The van der Waals surface area contributed by atoms with Gasteiger partial charge in [-0.05, 0) is 31.0 Å². The average Bonchev–Trinajstić information content (AvgIpc) is 3.38. The van der Waals surface area contributed by atoms with Crippen molar-refractivity contribution in [2.75, 3.05) is 6.61 Å². The van der Waals surface area contributed by atoms with Gasteiger partial charge in [0.15, 0.2) is 5.76 Å². The van der Waals surface area contributed by atoms with E-state index in [4.69, 9.17) is 9.15 Å². The summed E-state index contributed by atoms with van der Waals surface area (Å²) in [6.07, 6.45) is 0. The highest BCUT2D eigenvalue weighted by Gasteiger charge is 2.21. The number of thioether (sulfide) groups is 1. The fourth-order valence-corrected chi connectivity index (χ4v) is 5.17. The number of ether oxygens (including phenoxy) is 1. The number of furan rings is 1. The molecule has 0 spiro atoms. The Morgan fingerprint density at radius 1 is 1.16 bits per heavy atom. The van der Waals surface area contributed by atoms with Gasteiger partial charge in [0.1, 0.15) is 9.92 Å². The van der Waals surface area contributed by atoms with Gasteiger partial charge in [0.05, 0.1) is 6.61 Å². The summed E-state index contributed by atoms with van der Waals surface area (Å²) >= 11 is 3.24. The van der Waals surface area contributed by atoms with Gasteiger partial charge in [0.25, 0.3) is 5.91 Å². The molecular formula is C24H24N2O3S2. The molecule has 0 fully saturated rings. The number of carbonyl (C=O) groups excluding carboxylic acids is 1. The van der Waals surface area contributed by atoms with E-state index in [0.717, 1.165) is 37.7 Å². The quantitative estimate of drug-likeness (QED) is 0.318. The molecule has 0 radical (unpaired) electrons. The van der Waals surface area contributed by atoms with Gasteiger partial charge in [-0.3, -0.25) is 4.79 Å². The second-order valence-corrected chi connectivity index (χ2v) is 9.12. The number of para-hydroxylation sites is 1. The number of fused-ring (bicyclic) bond motifs is 1. The second kappa shape index (κ2) is 10.1. The monoisotopic (exact) mass is 452 g/mol. The molecule has 2 aromatic heterocycles. The summed E-state index contributed by atoms with van der Waals surface area (Å²) in [5.41, 5.74) is 4.73. The zero-order chi connectivity index (χ0) is 21.6. The Morgan fingerprint density at radius 3 is 2.71 bits per heavy atom. The van der Waals surface area contributed by atoms with Gasteiger partial charge in [-0.1, -0.05) is 54.2 Å². The van der Waals surface area contributed by atoms with E-state index < -0.39 is 0 Å². The van der Waals surface area contributed by atoms with Crippen LogP contribution in [-0.4, -0.2) is 17.5 Å². The Labute approximate surface area is 189 Å². The summed E-state index contributed by atoms with van der Waals surface area (Å²) in [4.78, 5) is 17.6. The molecule has 1 amide bonds. The zero-order valence-electron chi connectivity index (χ0n) is 17.5. The lowest BCUT2D eigenvalue weighted by Crippen LogP contribution is -2.24. The van der Waals surface area contributed by atoms with Crippen LogP contribution in [0, 0.1) is 6.92 Å². The lowest BCUT2D eigenvalue weighted by atomic mass is 10.1. The molecule has 0 atom stereocenters. The van der Waals surface area contributed by atoms with Gasteiger partial charge in [0, 0.05) is 40.9 Å². The van der Waals surface area contributed by atoms with Crippen LogP contribution >= 0.6 is 23.1 Å². The number of hydrogen-bond donors (Lipinski definition) is 1. The Bertz CT molecular complexity index is 1180. The van der Waals surface area contributed by atoms with Crippen LogP contribution in [-0.2, 0) is 23.6 Å². The van der Waals surface area contributed by atoms with Gasteiger partial charge in [-0.15, -0.1) is 11.3 Å². The number of nitrogens with one attached hydrogen (secondary N) is 1. The third-order valence-electron chi connectivity index (χ3n) is 4.86. The molecule has 2 aromatic carbocycles. The third-order valence-corrected chi connectivity index (χ3v) is 7.03. The summed E-state index contributed by atoms with van der Waals surface area (Å²) in [5.74, 6) is 0.769. The van der Waals surface area contributed by atoms with Crippen molar-refractivity contribution >= 4 is 40.0 Å². The molecule has 2 heterocycles. The highest BCUT2D eigenvalue weighted by Crippen LogP contribution is 2.33. The maximum atomic E-state index is 13.1. The highest BCUT2D eigenvalue weighted by molar-refractivity contribution is 8.00. The van der Waals surface area contributed by atoms with E-state index in [2.05, 4.69) is 10.3 Å². The number of carbonyl (C=O) groups is 1. The van der Waals surface area contributed by atoms with E-state index in [0.29, 0.717) is 31.3 Å². The first-order valence-electron chi connectivity index (χ1n) is 10.1. The lowest BCUT2D eigenvalue weighted by Gasteiger charge is -2.10. The maximum absolute atomic E-state index is 13.1. The first-order valence-corrected chi connectivity index (χ1v) is 12.0. The van der Waals surface area contributed by atoms with Crippen LogP contribution in [0.1, 0.15) is 39.9 Å². The molecule has 4 aromatic rings. The summed E-state index contributed by atoms with van der Waals surface area (Å²) in [7, 11) is 0. The second-order valence-electron chi connectivity index (χ2n) is 7.04. The van der Waals surface area contributed by atoms with E-state index in [1.54, 1.807) is 23.1 Å². The van der Waals surface area contributed by atoms with Crippen LogP contribution in [0.15, 0.2) is 62.7 Å². The van der Waals surface area contributed by atoms with Gasteiger partial charge in [-0.2, -0.15) is 0 Å². The van der Waals surface area contributed by atoms with Crippen LogP contribution in [0.5, 0.6) is 0 Å². The smallest absolute Gasteiger partial charge is 0.287 e. The van der Waals surface area contributed by atoms with Crippen LogP contribution in [0.3, 0.4) is 0 Å². The van der Waals surface area contributed by atoms with Gasteiger partial charge in [-0.25, -0.2) is 4.98 Å². The fourth-order valence-electron chi connectivity index (χ4n) is 3.30. The molecule has 31 heavy (non-hydrogen) atoms. The number of amides is 1. The minimum absolute atomic E-state index is 0.215. The average molecular weight is 453 g/mol. The summed E-state index contributed by atoms with van der Waals surface area (Å²) < 4.78 is 12.5. The summed E-state index contributed by atoms with van der Waals surface area (Å²) in [6.45, 7) is 5.55. The fraction of sp³-hybridized carbons (Fsp3) is 0.250. The zero-order valence-corrected chi connectivity index (χ0v) is 19.1. The number of aromatic nitrogens is 1. The van der Waals surface area contributed by atoms with Crippen molar-refractivity contribution in [3.8, 4) is 0 Å². The maximum Gasteiger partial charge on any atom is 0.287 e. The minimum atomic E-state index is -0.215. The topological polar surface area (TPSA) is 64.4 Å². The number of thiazole rings is 1. The number of hydrogen-bond acceptors (Lipinski definition) is 6. The molecule has 0 bridgehead atoms. The molecule has 4 rings (SSSR count). The van der Waals surface area contributed by atoms with E-state index in [1.165, 1.54) is 0 Å². The van der Waals surface area contributed by atoms with Crippen molar-refractivity contribution in [3.63, 3.8) is 0 Å².